The molecule has 0 radical (unpaired) electrons. The maximum absolute atomic E-state index is 5.92. The van der Waals surface area contributed by atoms with Crippen molar-refractivity contribution in [2.24, 2.45) is 0 Å². The fourth-order valence-corrected chi connectivity index (χ4v) is 8.91. The number of fused-ring (bicyclic) bond motifs is 4. The van der Waals surface area contributed by atoms with Crippen LogP contribution in [0.2, 0.25) is 0 Å². The van der Waals surface area contributed by atoms with Gasteiger partial charge in [0.2, 0.25) is 0 Å². The minimum absolute atomic E-state index is 0.151. The molecule has 0 atom stereocenters. The van der Waals surface area contributed by atoms with Crippen molar-refractivity contribution in [3.05, 3.63) is 174 Å². The van der Waals surface area contributed by atoms with Gasteiger partial charge in [0.25, 0.3) is 0 Å². The molecule has 0 bridgehead atoms. The summed E-state index contributed by atoms with van der Waals surface area (Å²) >= 11 is 1.84. The van der Waals surface area contributed by atoms with Crippen LogP contribution in [0.25, 0.3) is 43.8 Å². The van der Waals surface area contributed by atoms with E-state index in [0.29, 0.717) is 6.61 Å². The maximum atomic E-state index is 5.92. The highest BCUT2D eigenvalue weighted by molar-refractivity contribution is 7.19. The first kappa shape index (κ1) is 29.9. The van der Waals surface area contributed by atoms with Gasteiger partial charge in [0.05, 0.1) is 13.2 Å². The lowest BCUT2D eigenvalue weighted by Gasteiger charge is -2.29. The molecular weight excluding hydrogens is 615 g/mol. The molecule has 7 aromatic rings. The average molecular weight is 652 g/mol. The Hall–Kier alpha value is -5.22. The third-order valence-electron chi connectivity index (χ3n) is 10.3. The van der Waals surface area contributed by atoms with Crippen molar-refractivity contribution >= 4 is 27.7 Å². The summed E-state index contributed by atoms with van der Waals surface area (Å²) in [5, 5.41) is 1.19. The quantitative estimate of drug-likeness (QED) is 0.177. The van der Waals surface area contributed by atoms with Crippen LogP contribution in [0.3, 0.4) is 0 Å². The molecule has 6 aromatic carbocycles. The van der Waals surface area contributed by atoms with E-state index in [1.54, 1.807) is 0 Å². The standard InChI is InChI=1S/C46H37NOS/c1-46(2)41-19-10-9-17-39(41)45-40(38-18-11-16-34-30-48-27-26-37(34)38)28-36(29-42(45)46)47(44-25-24-43(49-44)33-14-7-4-8-15-33)35-22-20-32(21-23-35)31-12-5-3-6-13-31/h3-25,28-29H,26-27,30H2,1-2H3. The molecule has 0 fully saturated rings. The van der Waals surface area contributed by atoms with Crippen LogP contribution in [0.15, 0.2) is 152 Å². The zero-order valence-electron chi connectivity index (χ0n) is 27.8. The minimum Gasteiger partial charge on any atom is -0.376 e. The van der Waals surface area contributed by atoms with Crippen molar-refractivity contribution < 1.29 is 4.74 Å². The van der Waals surface area contributed by atoms with E-state index in [1.165, 1.54) is 76.8 Å². The lowest BCUT2D eigenvalue weighted by Crippen LogP contribution is -2.17. The van der Waals surface area contributed by atoms with Gasteiger partial charge in [-0.15, -0.1) is 11.3 Å². The SMILES string of the molecule is CC1(C)c2ccccc2-c2c(-c3cccc4c3CCOC4)cc(N(c3ccc(-c4ccccc4)cc3)c3ccc(-c4ccccc4)s3)cc21. The Labute approximate surface area is 292 Å². The van der Waals surface area contributed by atoms with Crippen LogP contribution in [0.5, 0.6) is 0 Å². The lowest BCUT2D eigenvalue weighted by molar-refractivity contribution is 0.111. The second-order valence-electron chi connectivity index (χ2n) is 13.6. The van der Waals surface area contributed by atoms with Gasteiger partial charge in [-0.2, -0.15) is 0 Å². The predicted molar refractivity (Wildman–Crippen MR) is 206 cm³/mol. The van der Waals surface area contributed by atoms with Crippen LogP contribution in [0, 0.1) is 0 Å². The molecular formula is C46H37NOS. The maximum Gasteiger partial charge on any atom is 0.101 e. The van der Waals surface area contributed by atoms with E-state index in [9.17, 15) is 0 Å². The molecule has 0 amide bonds. The smallest absolute Gasteiger partial charge is 0.101 e. The van der Waals surface area contributed by atoms with Crippen LogP contribution >= 0.6 is 11.3 Å². The first-order valence-electron chi connectivity index (χ1n) is 17.1. The van der Waals surface area contributed by atoms with Gasteiger partial charge in [-0.25, -0.2) is 0 Å². The molecule has 0 saturated carbocycles. The topological polar surface area (TPSA) is 12.5 Å². The number of ether oxygens (including phenoxy) is 1. The van der Waals surface area contributed by atoms with Crippen molar-refractivity contribution in [3.8, 4) is 43.8 Å². The van der Waals surface area contributed by atoms with E-state index >= 15 is 0 Å². The molecule has 2 aliphatic rings. The molecule has 0 N–H and O–H groups in total. The summed E-state index contributed by atoms with van der Waals surface area (Å²) in [6, 6.07) is 55.7. The number of hydrogen-bond acceptors (Lipinski definition) is 3. The highest BCUT2D eigenvalue weighted by atomic mass is 32.1. The van der Waals surface area contributed by atoms with Crippen LogP contribution in [-0.4, -0.2) is 6.61 Å². The molecule has 3 heteroatoms. The normalized spacial score (nSPS) is 14.2. The third-order valence-corrected chi connectivity index (χ3v) is 11.5. The summed E-state index contributed by atoms with van der Waals surface area (Å²) in [6.07, 6.45) is 0.922. The Bertz CT molecular complexity index is 2300. The Morgan fingerprint density at radius 3 is 2.06 bits per heavy atom. The molecule has 1 aliphatic heterocycles. The molecule has 238 valence electrons. The fraction of sp³-hybridized carbons (Fsp3) is 0.130. The van der Waals surface area contributed by atoms with E-state index in [4.69, 9.17) is 4.74 Å². The summed E-state index contributed by atoms with van der Waals surface area (Å²) in [5.74, 6) is 0. The highest BCUT2D eigenvalue weighted by Gasteiger charge is 2.38. The van der Waals surface area contributed by atoms with E-state index in [-0.39, 0.29) is 5.41 Å². The fourth-order valence-electron chi connectivity index (χ4n) is 7.86. The van der Waals surface area contributed by atoms with Crippen molar-refractivity contribution in [2.45, 2.75) is 32.3 Å². The second kappa shape index (κ2) is 12.0. The Balaban J connectivity index is 1.28. The molecule has 2 nitrogen and oxygen atoms in total. The molecule has 49 heavy (non-hydrogen) atoms. The lowest BCUT2D eigenvalue weighted by atomic mass is 9.81. The molecule has 1 aliphatic carbocycles. The molecule has 2 heterocycles. The third kappa shape index (κ3) is 5.13. The van der Waals surface area contributed by atoms with E-state index < -0.39 is 0 Å². The molecule has 0 saturated heterocycles. The second-order valence-corrected chi connectivity index (χ2v) is 14.6. The van der Waals surface area contributed by atoms with Gasteiger partial charge >= 0.3 is 0 Å². The number of thiophene rings is 1. The summed E-state index contributed by atoms with van der Waals surface area (Å²) in [4.78, 5) is 3.72. The zero-order chi connectivity index (χ0) is 33.0. The molecule has 9 rings (SSSR count). The molecule has 0 unspecified atom stereocenters. The van der Waals surface area contributed by atoms with E-state index in [0.717, 1.165) is 18.7 Å². The summed E-state index contributed by atoms with van der Waals surface area (Å²) < 4.78 is 5.92. The summed E-state index contributed by atoms with van der Waals surface area (Å²) in [7, 11) is 0. The number of nitrogens with zero attached hydrogens (tertiary/aromatic N) is 1. The Morgan fingerprint density at radius 1 is 0.571 bits per heavy atom. The monoisotopic (exact) mass is 651 g/mol. The summed E-state index contributed by atoms with van der Waals surface area (Å²) in [5.41, 5.74) is 16.6. The van der Waals surface area contributed by atoms with Crippen LogP contribution in [0.4, 0.5) is 16.4 Å². The van der Waals surface area contributed by atoms with Crippen LogP contribution < -0.4 is 4.90 Å². The largest absolute Gasteiger partial charge is 0.376 e. The van der Waals surface area contributed by atoms with Crippen molar-refractivity contribution in [1.29, 1.82) is 0 Å². The minimum atomic E-state index is -0.151. The van der Waals surface area contributed by atoms with Gasteiger partial charge in [0.15, 0.2) is 0 Å². The van der Waals surface area contributed by atoms with Gasteiger partial charge in [0, 0.05) is 21.7 Å². The van der Waals surface area contributed by atoms with Gasteiger partial charge in [-0.3, -0.25) is 0 Å². The Morgan fingerprint density at radius 2 is 1.27 bits per heavy atom. The van der Waals surface area contributed by atoms with Crippen molar-refractivity contribution in [1.82, 2.24) is 0 Å². The van der Waals surface area contributed by atoms with Crippen LogP contribution in [0.1, 0.15) is 36.1 Å². The van der Waals surface area contributed by atoms with Gasteiger partial charge in [-0.05, 0) is 104 Å². The van der Waals surface area contributed by atoms with Crippen LogP contribution in [-0.2, 0) is 23.2 Å². The number of rotatable bonds is 6. The molecule has 1 aromatic heterocycles. The zero-order valence-corrected chi connectivity index (χ0v) is 28.6. The van der Waals surface area contributed by atoms with Crippen molar-refractivity contribution in [3.63, 3.8) is 0 Å². The average Bonchev–Trinajstić information content (AvgIpc) is 3.73. The predicted octanol–water partition coefficient (Wildman–Crippen LogP) is 12.6. The van der Waals surface area contributed by atoms with Gasteiger partial charge in [0.1, 0.15) is 5.00 Å². The van der Waals surface area contributed by atoms with Crippen molar-refractivity contribution in [2.75, 3.05) is 11.5 Å². The number of benzene rings is 6. The summed E-state index contributed by atoms with van der Waals surface area (Å²) in [6.45, 7) is 6.20. The van der Waals surface area contributed by atoms with Gasteiger partial charge < -0.3 is 9.64 Å². The first-order chi connectivity index (χ1) is 24.1. The molecule has 0 spiro atoms. The first-order valence-corrected chi connectivity index (χ1v) is 18.0. The van der Waals surface area contributed by atoms with Gasteiger partial charge in [-0.1, -0.05) is 129 Å². The Kier molecular flexibility index (Phi) is 7.34. The number of anilines is 3. The number of hydrogen-bond donors (Lipinski definition) is 0. The highest BCUT2D eigenvalue weighted by Crippen LogP contribution is 2.55. The van der Waals surface area contributed by atoms with E-state index in [2.05, 4.69) is 170 Å². The van der Waals surface area contributed by atoms with E-state index in [1.807, 2.05) is 11.3 Å².